The van der Waals surface area contributed by atoms with Gasteiger partial charge in [0.1, 0.15) is 11.2 Å². The maximum absolute atomic E-state index is 6.84. The van der Waals surface area contributed by atoms with E-state index in [0.29, 0.717) is 0 Å². The molecule has 0 aliphatic heterocycles. The van der Waals surface area contributed by atoms with Crippen molar-refractivity contribution in [1.29, 1.82) is 0 Å². The van der Waals surface area contributed by atoms with Crippen molar-refractivity contribution in [3.05, 3.63) is 194 Å². The molecule has 0 bridgehead atoms. The Morgan fingerprint density at radius 3 is 1.79 bits per heavy atom. The zero-order chi connectivity index (χ0) is 36.7. The van der Waals surface area contributed by atoms with E-state index in [1.165, 1.54) is 85.9 Å². The Balaban J connectivity index is 1.26. The van der Waals surface area contributed by atoms with E-state index < -0.39 is 0 Å². The smallest absolute Gasteiger partial charge is 0.143 e. The minimum atomic E-state index is 0.893. The van der Waals surface area contributed by atoms with E-state index in [2.05, 4.69) is 194 Å². The molecule has 12 rings (SSSR count). The Bertz CT molecular complexity index is 3530. The van der Waals surface area contributed by atoms with E-state index in [1.807, 2.05) is 11.3 Å². The molecule has 0 unspecified atom stereocenters. The zero-order valence-corrected chi connectivity index (χ0v) is 31.1. The van der Waals surface area contributed by atoms with Gasteiger partial charge in [0.25, 0.3) is 0 Å². The van der Waals surface area contributed by atoms with Crippen LogP contribution in [0.15, 0.2) is 199 Å². The summed E-state index contributed by atoms with van der Waals surface area (Å²) in [6, 6.07) is 71.0. The molecule has 12 aromatic rings. The van der Waals surface area contributed by atoms with Crippen LogP contribution >= 0.6 is 11.3 Å². The summed E-state index contributed by atoms with van der Waals surface area (Å²) in [6.45, 7) is 0. The summed E-state index contributed by atoms with van der Waals surface area (Å²) in [6.07, 6.45) is 0. The number of hydrogen-bond acceptors (Lipinski definition) is 2. The van der Waals surface area contributed by atoms with Crippen molar-refractivity contribution in [3.8, 4) is 44.5 Å². The minimum Gasteiger partial charge on any atom is -0.455 e. The maximum atomic E-state index is 6.84. The molecular weight excluding hydrogens is 697 g/mol. The number of thiophene rings is 1. The average molecular weight is 729 g/mol. The van der Waals surface area contributed by atoms with Crippen LogP contribution in [0.2, 0.25) is 0 Å². The molecule has 0 saturated carbocycles. The molecule has 0 aliphatic carbocycles. The predicted octanol–water partition coefficient (Wildman–Crippen LogP) is 16.1. The molecule has 2 aromatic heterocycles. The first kappa shape index (κ1) is 31.4. The highest BCUT2D eigenvalue weighted by molar-refractivity contribution is 7.25. The van der Waals surface area contributed by atoms with Crippen molar-refractivity contribution in [2.24, 2.45) is 0 Å². The topological polar surface area (TPSA) is 13.1 Å². The lowest BCUT2D eigenvalue weighted by Gasteiger charge is -2.20. The molecule has 0 amide bonds. The Morgan fingerprint density at radius 2 is 0.929 bits per heavy atom. The van der Waals surface area contributed by atoms with Crippen LogP contribution < -0.4 is 0 Å². The number of benzene rings is 10. The second kappa shape index (κ2) is 12.3. The standard InChI is InChI=1S/C54H32OS/c1-2-14-34(15-3-1)38-30-31-45(53-43-21-8-10-25-47(43)55-54(38)53)51-41-20-7-6-19-40(41)50(39-24-12-17-33-16-4-5-18-36(33)39)42-29-28-35(32-46(42)51)37-23-13-27-49-52(37)44-22-9-11-26-48(44)56-49/h1-32H. The first-order chi connectivity index (χ1) is 27.8. The van der Waals surface area contributed by atoms with Crippen molar-refractivity contribution in [3.63, 3.8) is 0 Å². The summed E-state index contributed by atoms with van der Waals surface area (Å²) in [5, 5.41) is 12.3. The van der Waals surface area contributed by atoms with Gasteiger partial charge in [-0.2, -0.15) is 0 Å². The van der Waals surface area contributed by atoms with Gasteiger partial charge in [-0.3, -0.25) is 0 Å². The molecule has 0 N–H and O–H groups in total. The van der Waals surface area contributed by atoms with E-state index >= 15 is 0 Å². The van der Waals surface area contributed by atoms with Crippen LogP contribution in [-0.2, 0) is 0 Å². The zero-order valence-electron chi connectivity index (χ0n) is 30.3. The highest BCUT2D eigenvalue weighted by atomic mass is 32.1. The first-order valence-corrected chi connectivity index (χ1v) is 20.0. The fourth-order valence-electron chi connectivity index (χ4n) is 9.27. The number of para-hydroxylation sites is 1. The van der Waals surface area contributed by atoms with Crippen LogP contribution in [0.3, 0.4) is 0 Å². The normalized spacial score (nSPS) is 11.9. The summed E-state index contributed by atoms with van der Waals surface area (Å²) < 4.78 is 9.46. The van der Waals surface area contributed by atoms with Crippen LogP contribution in [0, 0.1) is 0 Å². The molecule has 1 nitrogen and oxygen atoms in total. The molecular formula is C54H32OS. The van der Waals surface area contributed by atoms with Gasteiger partial charge < -0.3 is 4.42 Å². The third-order valence-corrected chi connectivity index (χ3v) is 12.8. The van der Waals surface area contributed by atoms with Crippen LogP contribution in [0.25, 0.3) is 119 Å². The molecule has 56 heavy (non-hydrogen) atoms. The van der Waals surface area contributed by atoms with E-state index in [0.717, 1.165) is 33.1 Å². The molecule has 2 heteroatoms. The lowest BCUT2D eigenvalue weighted by Crippen LogP contribution is -1.93. The van der Waals surface area contributed by atoms with Crippen molar-refractivity contribution in [2.45, 2.75) is 0 Å². The fourth-order valence-corrected chi connectivity index (χ4v) is 10.4. The van der Waals surface area contributed by atoms with E-state index in [4.69, 9.17) is 4.42 Å². The van der Waals surface area contributed by atoms with Crippen molar-refractivity contribution in [2.75, 3.05) is 0 Å². The monoisotopic (exact) mass is 728 g/mol. The first-order valence-electron chi connectivity index (χ1n) is 19.2. The second-order valence-corrected chi connectivity index (χ2v) is 15.8. The molecule has 0 aliphatic rings. The van der Waals surface area contributed by atoms with Gasteiger partial charge in [0.2, 0.25) is 0 Å². The number of furan rings is 1. The Hall–Kier alpha value is -7.00. The second-order valence-electron chi connectivity index (χ2n) is 14.7. The van der Waals surface area contributed by atoms with E-state index in [9.17, 15) is 0 Å². The molecule has 0 spiro atoms. The Morgan fingerprint density at radius 1 is 0.321 bits per heavy atom. The van der Waals surface area contributed by atoms with Gasteiger partial charge in [-0.1, -0.05) is 164 Å². The quantitative estimate of drug-likeness (QED) is 0.165. The van der Waals surface area contributed by atoms with Crippen molar-refractivity contribution < 1.29 is 4.42 Å². The van der Waals surface area contributed by atoms with Gasteiger partial charge in [0.05, 0.1) is 0 Å². The predicted molar refractivity (Wildman–Crippen MR) is 241 cm³/mol. The van der Waals surface area contributed by atoms with Gasteiger partial charge in [0, 0.05) is 36.5 Å². The Labute approximate surface area is 327 Å². The number of rotatable bonds is 4. The van der Waals surface area contributed by atoms with Gasteiger partial charge in [-0.25, -0.2) is 0 Å². The van der Waals surface area contributed by atoms with Crippen LogP contribution in [0.1, 0.15) is 0 Å². The SMILES string of the molecule is c1ccc(-c2ccc(-c3c4ccccc4c(-c4cccc5ccccc45)c4ccc(-c5cccc6sc7ccccc7c56)cc34)c3c2oc2ccccc23)cc1. The van der Waals surface area contributed by atoms with Crippen LogP contribution in [-0.4, -0.2) is 0 Å². The third-order valence-electron chi connectivity index (χ3n) is 11.7. The average Bonchev–Trinajstić information content (AvgIpc) is 3.85. The highest BCUT2D eigenvalue weighted by Crippen LogP contribution is 2.50. The van der Waals surface area contributed by atoms with Crippen LogP contribution in [0.5, 0.6) is 0 Å². The van der Waals surface area contributed by atoms with Gasteiger partial charge >= 0.3 is 0 Å². The summed E-state index contributed by atoms with van der Waals surface area (Å²) in [5.41, 5.74) is 11.4. The van der Waals surface area contributed by atoms with Gasteiger partial charge in [0.15, 0.2) is 0 Å². The van der Waals surface area contributed by atoms with Crippen LogP contribution in [0.4, 0.5) is 0 Å². The highest BCUT2D eigenvalue weighted by Gasteiger charge is 2.24. The summed E-state index contributed by atoms with van der Waals surface area (Å²) in [5.74, 6) is 0. The molecule has 0 saturated heterocycles. The largest absolute Gasteiger partial charge is 0.455 e. The lowest BCUT2D eigenvalue weighted by atomic mass is 9.82. The Kier molecular flexibility index (Phi) is 6.87. The molecule has 0 atom stereocenters. The summed E-state index contributed by atoms with van der Waals surface area (Å²) >= 11 is 1.87. The lowest BCUT2D eigenvalue weighted by molar-refractivity contribution is 0.670. The summed E-state index contributed by atoms with van der Waals surface area (Å²) in [7, 11) is 0. The fraction of sp³-hybridized carbons (Fsp3) is 0. The molecule has 0 radical (unpaired) electrons. The van der Waals surface area contributed by atoms with Gasteiger partial charge in [-0.05, 0) is 102 Å². The van der Waals surface area contributed by atoms with Gasteiger partial charge in [-0.15, -0.1) is 11.3 Å². The van der Waals surface area contributed by atoms with Crippen molar-refractivity contribution >= 4 is 85.8 Å². The van der Waals surface area contributed by atoms with Crippen molar-refractivity contribution in [1.82, 2.24) is 0 Å². The molecule has 0 fully saturated rings. The summed E-state index contributed by atoms with van der Waals surface area (Å²) in [4.78, 5) is 0. The molecule has 2 heterocycles. The van der Waals surface area contributed by atoms with E-state index in [-0.39, 0.29) is 0 Å². The molecule has 260 valence electrons. The van der Waals surface area contributed by atoms with E-state index in [1.54, 1.807) is 0 Å². The number of fused-ring (bicyclic) bond motifs is 9. The molecule has 10 aromatic carbocycles. The maximum Gasteiger partial charge on any atom is 0.143 e. The minimum absolute atomic E-state index is 0.893. The number of hydrogen-bond donors (Lipinski definition) is 0. The third kappa shape index (κ3) is 4.60.